The van der Waals surface area contributed by atoms with Crippen molar-refractivity contribution in [3.05, 3.63) is 66.4 Å². The van der Waals surface area contributed by atoms with E-state index in [1.54, 1.807) is 29.3 Å². The summed E-state index contributed by atoms with van der Waals surface area (Å²) in [4.78, 5) is 11.7. The van der Waals surface area contributed by atoms with Crippen molar-refractivity contribution >= 4 is 6.03 Å². The van der Waals surface area contributed by atoms with E-state index < -0.39 is 0 Å². The fourth-order valence-corrected chi connectivity index (χ4v) is 2.19. The molecule has 24 heavy (non-hydrogen) atoms. The SMILES string of the molecule is O=C(NCCn1cc(-c2ccco2)cn1)NCc1ccc(F)cc1. The number of hydrogen-bond donors (Lipinski definition) is 2. The Morgan fingerprint density at radius 1 is 1.21 bits per heavy atom. The first-order valence-corrected chi connectivity index (χ1v) is 7.53. The van der Waals surface area contributed by atoms with Crippen LogP contribution in [-0.2, 0) is 13.1 Å². The van der Waals surface area contributed by atoms with E-state index in [2.05, 4.69) is 15.7 Å². The summed E-state index contributed by atoms with van der Waals surface area (Å²) < 4.78 is 19.8. The van der Waals surface area contributed by atoms with Crippen molar-refractivity contribution in [3.63, 3.8) is 0 Å². The maximum atomic E-state index is 12.8. The zero-order valence-electron chi connectivity index (χ0n) is 12.9. The third-order valence-electron chi connectivity index (χ3n) is 3.43. The molecule has 0 atom stereocenters. The molecule has 1 aromatic carbocycles. The Bertz CT molecular complexity index is 781. The van der Waals surface area contributed by atoms with Crippen molar-refractivity contribution in [1.29, 1.82) is 0 Å². The molecule has 0 radical (unpaired) electrons. The highest BCUT2D eigenvalue weighted by atomic mass is 19.1. The summed E-state index contributed by atoms with van der Waals surface area (Å²) in [6, 6.07) is 9.40. The van der Waals surface area contributed by atoms with E-state index >= 15 is 0 Å². The van der Waals surface area contributed by atoms with Crippen LogP contribution in [-0.4, -0.2) is 22.4 Å². The average Bonchev–Trinajstić information content (AvgIpc) is 3.25. The van der Waals surface area contributed by atoms with Gasteiger partial charge in [0, 0.05) is 19.3 Å². The number of urea groups is 1. The van der Waals surface area contributed by atoms with Gasteiger partial charge in [0.2, 0.25) is 0 Å². The van der Waals surface area contributed by atoms with Gasteiger partial charge in [0.15, 0.2) is 0 Å². The van der Waals surface area contributed by atoms with Gasteiger partial charge in [-0.2, -0.15) is 5.10 Å². The van der Waals surface area contributed by atoms with Crippen molar-refractivity contribution in [3.8, 4) is 11.3 Å². The number of hydrogen-bond acceptors (Lipinski definition) is 3. The molecular weight excluding hydrogens is 311 g/mol. The van der Waals surface area contributed by atoms with Crippen LogP contribution in [0.2, 0.25) is 0 Å². The van der Waals surface area contributed by atoms with Gasteiger partial charge in [-0.3, -0.25) is 4.68 Å². The van der Waals surface area contributed by atoms with Gasteiger partial charge in [-0.25, -0.2) is 9.18 Å². The topological polar surface area (TPSA) is 72.1 Å². The Morgan fingerprint density at radius 3 is 2.79 bits per heavy atom. The predicted octanol–water partition coefficient (Wildman–Crippen LogP) is 2.78. The fraction of sp³-hybridized carbons (Fsp3) is 0.176. The van der Waals surface area contributed by atoms with Crippen molar-refractivity contribution in [1.82, 2.24) is 20.4 Å². The van der Waals surface area contributed by atoms with E-state index in [0.717, 1.165) is 16.9 Å². The largest absolute Gasteiger partial charge is 0.464 e. The number of nitrogens with one attached hydrogen (secondary N) is 2. The van der Waals surface area contributed by atoms with Crippen molar-refractivity contribution in [2.75, 3.05) is 6.54 Å². The minimum absolute atomic E-state index is 0.280. The highest BCUT2D eigenvalue weighted by Crippen LogP contribution is 2.18. The van der Waals surface area contributed by atoms with Crippen molar-refractivity contribution < 1.29 is 13.6 Å². The summed E-state index contributed by atoms with van der Waals surface area (Å²) in [6.07, 6.45) is 5.18. The summed E-state index contributed by atoms with van der Waals surface area (Å²) in [5.74, 6) is 0.461. The molecule has 0 aliphatic heterocycles. The minimum atomic E-state index is -0.295. The van der Waals surface area contributed by atoms with Gasteiger partial charge in [-0.05, 0) is 29.8 Å². The van der Waals surface area contributed by atoms with E-state index in [1.807, 2.05) is 18.3 Å². The van der Waals surface area contributed by atoms with E-state index in [-0.39, 0.29) is 11.8 Å². The van der Waals surface area contributed by atoms with Gasteiger partial charge in [0.25, 0.3) is 0 Å². The molecule has 124 valence electrons. The Hall–Kier alpha value is -3.09. The quantitative estimate of drug-likeness (QED) is 0.731. The molecule has 2 heterocycles. The van der Waals surface area contributed by atoms with Crippen LogP contribution in [0.5, 0.6) is 0 Å². The number of furan rings is 1. The van der Waals surface area contributed by atoms with Crippen LogP contribution in [0.4, 0.5) is 9.18 Å². The Labute approximate surface area is 138 Å². The molecule has 0 aliphatic rings. The third kappa shape index (κ3) is 4.22. The molecule has 0 unspecified atom stereocenters. The molecule has 2 N–H and O–H groups in total. The number of rotatable bonds is 6. The molecule has 3 aromatic rings. The van der Waals surface area contributed by atoms with Crippen LogP contribution in [0.25, 0.3) is 11.3 Å². The summed E-state index contributed by atoms with van der Waals surface area (Å²) >= 11 is 0. The summed E-state index contributed by atoms with van der Waals surface area (Å²) in [5, 5.41) is 9.68. The third-order valence-corrected chi connectivity index (χ3v) is 3.43. The Kier molecular flexibility index (Phi) is 4.90. The zero-order valence-corrected chi connectivity index (χ0v) is 12.9. The average molecular weight is 328 g/mol. The highest BCUT2D eigenvalue weighted by molar-refractivity contribution is 5.73. The lowest BCUT2D eigenvalue weighted by Gasteiger charge is -2.07. The van der Waals surface area contributed by atoms with E-state index in [0.29, 0.717) is 19.6 Å². The molecule has 6 nitrogen and oxygen atoms in total. The zero-order chi connectivity index (χ0) is 16.8. The molecule has 2 amide bonds. The van der Waals surface area contributed by atoms with Gasteiger partial charge in [-0.1, -0.05) is 12.1 Å². The fourth-order valence-electron chi connectivity index (χ4n) is 2.19. The molecule has 0 bridgehead atoms. The molecule has 0 spiro atoms. The molecule has 2 aromatic heterocycles. The number of aromatic nitrogens is 2. The molecule has 3 rings (SSSR count). The lowest BCUT2D eigenvalue weighted by atomic mass is 10.2. The number of amides is 2. The van der Waals surface area contributed by atoms with E-state index in [4.69, 9.17) is 4.42 Å². The summed E-state index contributed by atoms with van der Waals surface area (Å²) in [7, 11) is 0. The second-order valence-electron chi connectivity index (χ2n) is 5.21. The molecule has 7 heteroatoms. The van der Waals surface area contributed by atoms with Crippen molar-refractivity contribution in [2.45, 2.75) is 13.1 Å². The predicted molar refractivity (Wildman–Crippen MR) is 86.6 cm³/mol. The van der Waals surface area contributed by atoms with Gasteiger partial charge >= 0.3 is 6.03 Å². The van der Waals surface area contributed by atoms with Crippen molar-refractivity contribution in [2.24, 2.45) is 0 Å². The normalized spacial score (nSPS) is 10.5. The first-order valence-electron chi connectivity index (χ1n) is 7.53. The van der Waals surface area contributed by atoms with Gasteiger partial charge in [0.05, 0.1) is 24.6 Å². The molecule has 0 saturated carbocycles. The minimum Gasteiger partial charge on any atom is -0.464 e. The molecular formula is C17H17FN4O2. The van der Waals surface area contributed by atoms with Crippen LogP contribution >= 0.6 is 0 Å². The van der Waals surface area contributed by atoms with Gasteiger partial charge < -0.3 is 15.1 Å². The lowest BCUT2D eigenvalue weighted by Crippen LogP contribution is -2.36. The monoisotopic (exact) mass is 328 g/mol. The smallest absolute Gasteiger partial charge is 0.315 e. The second kappa shape index (κ2) is 7.45. The summed E-state index contributed by atoms with van der Waals surface area (Å²) in [5.41, 5.74) is 1.72. The van der Waals surface area contributed by atoms with Gasteiger partial charge in [-0.15, -0.1) is 0 Å². The lowest BCUT2D eigenvalue weighted by molar-refractivity contribution is 0.240. The van der Waals surface area contributed by atoms with Crippen LogP contribution in [0.1, 0.15) is 5.56 Å². The standard InChI is InChI=1S/C17H17FN4O2/c18-15-5-3-13(4-6-15)10-20-17(23)19-7-8-22-12-14(11-21-22)16-2-1-9-24-16/h1-6,9,11-12H,7-8,10H2,(H2,19,20,23). The van der Waals surface area contributed by atoms with Crippen LogP contribution in [0.15, 0.2) is 59.5 Å². The van der Waals surface area contributed by atoms with Gasteiger partial charge in [0.1, 0.15) is 11.6 Å². The van der Waals surface area contributed by atoms with Crippen LogP contribution in [0.3, 0.4) is 0 Å². The Morgan fingerprint density at radius 2 is 2.04 bits per heavy atom. The molecule has 0 aliphatic carbocycles. The molecule has 0 fully saturated rings. The Balaban J connectivity index is 1.40. The first kappa shape index (κ1) is 15.8. The number of nitrogens with zero attached hydrogens (tertiary/aromatic N) is 2. The van der Waals surface area contributed by atoms with Crippen LogP contribution in [0, 0.1) is 5.82 Å². The number of carbonyl (C=O) groups is 1. The second-order valence-corrected chi connectivity index (χ2v) is 5.21. The number of benzene rings is 1. The molecule has 0 saturated heterocycles. The number of carbonyl (C=O) groups excluding carboxylic acids is 1. The maximum Gasteiger partial charge on any atom is 0.315 e. The first-order chi connectivity index (χ1) is 11.7. The summed E-state index contributed by atoms with van der Waals surface area (Å²) in [6.45, 7) is 1.33. The van der Waals surface area contributed by atoms with E-state index in [9.17, 15) is 9.18 Å². The maximum absolute atomic E-state index is 12.8. The number of halogens is 1. The highest BCUT2D eigenvalue weighted by Gasteiger charge is 2.05. The van der Waals surface area contributed by atoms with E-state index in [1.165, 1.54) is 12.1 Å². The van der Waals surface area contributed by atoms with Crippen LogP contribution < -0.4 is 10.6 Å².